The first-order valence-corrected chi connectivity index (χ1v) is 24.2. The van der Waals surface area contributed by atoms with E-state index in [1.165, 1.54) is 66.8 Å². The number of hydrogen-bond acceptors (Lipinski definition) is 1. The Balaban J connectivity index is 1.01. The molecule has 69 heavy (non-hydrogen) atoms. The van der Waals surface area contributed by atoms with Crippen molar-refractivity contribution in [3.63, 3.8) is 0 Å². The van der Waals surface area contributed by atoms with E-state index in [1.807, 2.05) is 0 Å². The van der Waals surface area contributed by atoms with Gasteiger partial charge in [0.15, 0.2) is 0 Å². The average Bonchev–Trinajstić information content (AvgIpc) is 3.91. The minimum Gasteiger partial charge on any atom is -0.302 e. The van der Waals surface area contributed by atoms with Gasteiger partial charge in [0.05, 0.1) is 27.9 Å². The van der Waals surface area contributed by atoms with Gasteiger partial charge in [0.25, 0.3) is 0 Å². The molecule has 0 saturated carbocycles. The van der Waals surface area contributed by atoms with E-state index in [4.69, 9.17) is 0 Å². The van der Waals surface area contributed by atoms with Crippen LogP contribution >= 0.6 is 0 Å². The highest BCUT2D eigenvalue weighted by Gasteiger charge is 2.49. The topological polar surface area (TPSA) is 3.24 Å². The number of para-hydroxylation sites is 1. The third-order valence-electron chi connectivity index (χ3n) is 15.0. The number of fused-ring (bicyclic) bond motifs is 5. The monoisotopic (exact) mass is 877 g/mol. The van der Waals surface area contributed by atoms with Crippen molar-refractivity contribution in [3.8, 4) is 33.4 Å². The molecule has 0 N–H and O–H groups in total. The largest absolute Gasteiger partial charge is 0.302 e. The molecule has 10 aromatic rings. The lowest BCUT2D eigenvalue weighted by atomic mass is 9.66. The summed E-state index contributed by atoms with van der Waals surface area (Å²) in [6.45, 7) is 0. The fraction of sp³-hybridized carbons (Fsp3) is 0.0588. The van der Waals surface area contributed by atoms with Gasteiger partial charge in [-0.05, 0) is 122 Å². The minimum atomic E-state index is -0.494. The van der Waals surface area contributed by atoms with Gasteiger partial charge >= 0.3 is 0 Å². The molecular weight excluding hydrogens is 831 g/mol. The van der Waals surface area contributed by atoms with E-state index in [1.54, 1.807) is 0 Å². The van der Waals surface area contributed by atoms with Gasteiger partial charge in [-0.1, -0.05) is 237 Å². The van der Waals surface area contributed by atoms with Crippen molar-refractivity contribution in [2.24, 2.45) is 0 Å². The molecule has 13 rings (SSSR count). The molecule has 3 aliphatic rings. The highest BCUT2D eigenvalue weighted by molar-refractivity contribution is 5.98. The highest BCUT2D eigenvalue weighted by Crippen LogP contribution is 2.61. The average molecular weight is 878 g/mol. The van der Waals surface area contributed by atoms with Gasteiger partial charge in [-0.15, -0.1) is 0 Å². The van der Waals surface area contributed by atoms with Gasteiger partial charge in [0.1, 0.15) is 0 Å². The molecule has 0 saturated heterocycles. The zero-order valence-corrected chi connectivity index (χ0v) is 38.2. The lowest BCUT2D eigenvalue weighted by Crippen LogP contribution is -2.29. The predicted molar refractivity (Wildman–Crippen MR) is 285 cm³/mol. The van der Waals surface area contributed by atoms with Crippen LogP contribution in [0.1, 0.15) is 57.3 Å². The van der Waals surface area contributed by atoms with Crippen molar-refractivity contribution in [2.45, 2.75) is 23.7 Å². The summed E-state index contributed by atoms with van der Waals surface area (Å²) < 4.78 is 0. The van der Waals surface area contributed by atoms with Gasteiger partial charge in [-0.2, -0.15) is 0 Å². The van der Waals surface area contributed by atoms with E-state index in [-0.39, 0.29) is 0 Å². The maximum atomic E-state index is 3.80. The molecule has 0 bridgehead atoms. The molecule has 324 valence electrons. The Morgan fingerprint density at radius 3 is 1.55 bits per heavy atom. The van der Waals surface area contributed by atoms with Crippen LogP contribution in [0.4, 0.5) is 17.1 Å². The van der Waals surface area contributed by atoms with Gasteiger partial charge in [0, 0.05) is 16.7 Å². The fourth-order valence-electron chi connectivity index (χ4n) is 12.1. The van der Waals surface area contributed by atoms with E-state index < -0.39 is 10.8 Å². The van der Waals surface area contributed by atoms with Crippen molar-refractivity contribution in [3.05, 3.63) is 323 Å². The Hall–Kier alpha value is -8.70. The molecule has 1 heteroatoms. The number of anilines is 3. The van der Waals surface area contributed by atoms with Crippen molar-refractivity contribution >= 4 is 22.6 Å². The SMILES string of the molecule is c1c(-c2ccc3c(c2)C(c2ccccc2)(c2ccccc2)c2ccccc2-3)ccc(N(c2ccccc2-c2ccccc2)c2cccc3c2C2=C(C=CCC2)C3(c2ccccc2)c2ccccc2)c#1. The Morgan fingerprint density at radius 1 is 0.377 bits per heavy atom. The second-order valence-corrected chi connectivity index (χ2v) is 18.4. The predicted octanol–water partition coefficient (Wildman–Crippen LogP) is 16.9. The second kappa shape index (κ2) is 16.6. The van der Waals surface area contributed by atoms with Gasteiger partial charge in [-0.3, -0.25) is 0 Å². The van der Waals surface area contributed by atoms with E-state index in [0.717, 1.165) is 52.2 Å². The quantitative estimate of drug-likeness (QED) is 0.140. The molecule has 0 aliphatic heterocycles. The van der Waals surface area contributed by atoms with E-state index in [9.17, 15) is 0 Å². The molecule has 0 radical (unpaired) electrons. The number of nitrogens with zero attached hydrogens (tertiary/aromatic N) is 1. The molecule has 3 aliphatic carbocycles. The number of allylic oxidation sites excluding steroid dienone is 4. The lowest BCUT2D eigenvalue weighted by Gasteiger charge is -2.35. The number of benzene rings is 9. The third-order valence-corrected chi connectivity index (χ3v) is 15.0. The maximum absolute atomic E-state index is 3.80. The molecule has 0 amide bonds. The zero-order valence-electron chi connectivity index (χ0n) is 38.2. The van der Waals surface area contributed by atoms with Gasteiger partial charge < -0.3 is 4.90 Å². The standard InChI is InChI=1S/C68H47N/c1-6-23-49(24-7-1)56-33-18-21-39-64(56)69(65-40-22-38-62-66(65)59-35-17-20-37-61(59)67(62,51-25-8-2-9-26-51)52-27-10-3-11-28-52)55-44-41-48(42-45-55)50-43-46-58-57-34-16-19-36-60(57)68(63(58)47-50,53-29-12-4-13-30-53)54-31-14-5-15-32-54/h1-16,18-34,36-41,43-44,46-47H,17,35H2. The first-order chi connectivity index (χ1) is 34.3. The molecule has 0 spiro atoms. The molecule has 0 aromatic heterocycles. The third kappa shape index (κ3) is 6.19. The summed E-state index contributed by atoms with van der Waals surface area (Å²) in [5.41, 5.74) is 22.1. The van der Waals surface area contributed by atoms with E-state index in [2.05, 4.69) is 278 Å². The summed E-state index contributed by atoms with van der Waals surface area (Å²) in [5.74, 6) is 0. The van der Waals surface area contributed by atoms with Crippen LogP contribution in [0, 0.1) is 12.1 Å². The van der Waals surface area contributed by atoms with Crippen LogP contribution in [0.5, 0.6) is 0 Å². The number of rotatable bonds is 9. The summed E-state index contributed by atoms with van der Waals surface area (Å²) >= 11 is 0. The van der Waals surface area contributed by atoms with Crippen molar-refractivity contribution in [2.75, 3.05) is 4.90 Å². The Morgan fingerprint density at radius 2 is 0.913 bits per heavy atom. The summed E-state index contributed by atoms with van der Waals surface area (Å²) in [4.78, 5) is 2.45. The summed E-state index contributed by atoms with van der Waals surface area (Å²) in [6, 6.07) is 98.9. The normalized spacial score (nSPS) is 14.6. The maximum Gasteiger partial charge on any atom is 0.0974 e. The Kier molecular flexibility index (Phi) is 9.74. The van der Waals surface area contributed by atoms with Crippen molar-refractivity contribution in [1.29, 1.82) is 0 Å². The van der Waals surface area contributed by atoms with Crippen LogP contribution in [-0.4, -0.2) is 0 Å². The Labute approximate surface area is 405 Å². The first kappa shape index (κ1) is 40.6. The summed E-state index contributed by atoms with van der Waals surface area (Å²) in [5, 5.41) is 0. The van der Waals surface area contributed by atoms with Crippen LogP contribution in [0.2, 0.25) is 0 Å². The highest BCUT2D eigenvalue weighted by atomic mass is 15.1. The van der Waals surface area contributed by atoms with Crippen LogP contribution in [-0.2, 0) is 10.8 Å². The van der Waals surface area contributed by atoms with Crippen molar-refractivity contribution in [1.82, 2.24) is 0 Å². The molecule has 0 unspecified atom stereocenters. The molecule has 0 fully saturated rings. The molecule has 0 heterocycles. The molecule has 10 aromatic carbocycles. The van der Waals surface area contributed by atoms with E-state index >= 15 is 0 Å². The van der Waals surface area contributed by atoms with Gasteiger partial charge in [-0.25, -0.2) is 0 Å². The fourth-order valence-corrected chi connectivity index (χ4v) is 12.1. The lowest BCUT2D eigenvalue weighted by molar-refractivity contribution is 0.756. The molecule has 0 atom stereocenters. The van der Waals surface area contributed by atoms with Crippen LogP contribution in [0.25, 0.3) is 39.0 Å². The van der Waals surface area contributed by atoms with E-state index in [0.29, 0.717) is 0 Å². The molecule has 1 nitrogen and oxygen atoms in total. The zero-order chi connectivity index (χ0) is 45.8. The minimum absolute atomic E-state index is 0.490. The molecular formula is C68H47N. The summed E-state index contributed by atoms with van der Waals surface area (Å²) in [6.07, 6.45) is 6.73. The number of hydrogen-bond donors (Lipinski definition) is 0. The first-order valence-electron chi connectivity index (χ1n) is 24.2. The van der Waals surface area contributed by atoms with Gasteiger partial charge in [0.2, 0.25) is 0 Å². The Bertz CT molecular complexity index is 3490. The van der Waals surface area contributed by atoms with Crippen LogP contribution in [0.15, 0.2) is 266 Å². The second-order valence-electron chi connectivity index (χ2n) is 18.4. The van der Waals surface area contributed by atoms with Crippen LogP contribution in [0.3, 0.4) is 0 Å². The summed E-state index contributed by atoms with van der Waals surface area (Å²) in [7, 11) is 0. The van der Waals surface area contributed by atoms with Crippen molar-refractivity contribution < 1.29 is 0 Å². The van der Waals surface area contributed by atoms with Crippen LogP contribution < -0.4 is 4.90 Å². The smallest absolute Gasteiger partial charge is 0.0974 e.